The van der Waals surface area contributed by atoms with Crippen molar-refractivity contribution in [2.75, 3.05) is 33.9 Å². The standard InChI is InChI=1S/C24H32N2O5S/c1-5-31-23-11-10-22(16-18(23)2)32(28,29)26-14-12-20(13-15-26)24(27)25(3)17-19-6-8-21(30-4)9-7-19/h6-11,16,20H,5,12-15,17H2,1-4H3. The summed E-state index contributed by atoms with van der Waals surface area (Å²) in [6.07, 6.45) is 1.03. The van der Waals surface area contributed by atoms with Crippen molar-refractivity contribution in [1.82, 2.24) is 9.21 Å². The van der Waals surface area contributed by atoms with E-state index in [1.807, 2.05) is 38.1 Å². The highest BCUT2D eigenvalue weighted by molar-refractivity contribution is 7.89. The van der Waals surface area contributed by atoms with Crippen molar-refractivity contribution in [2.45, 2.75) is 38.1 Å². The molecule has 3 rings (SSSR count). The predicted octanol–water partition coefficient (Wildman–Crippen LogP) is 3.46. The number of rotatable bonds is 8. The molecule has 0 unspecified atom stereocenters. The monoisotopic (exact) mass is 460 g/mol. The van der Waals surface area contributed by atoms with Crippen LogP contribution in [0.25, 0.3) is 0 Å². The summed E-state index contributed by atoms with van der Waals surface area (Å²) in [4.78, 5) is 14.9. The molecule has 1 saturated heterocycles. The van der Waals surface area contributed by atoms with Gasteiger partial charge in [-0.3, -0.25) is 4.79 Å². The summed E-state index contributed by atoms with van der Waals surface area (Å²) in [5.41, 5.74) is 1.81. The van der Waals surface area contributed by atoms with Crippen LogP contribution >= 0.6 is 0 Å². The summed E-state index contributed by atoms with van der Waals surface area (Å²) in [6, 6.07) is 12.6. The fraction of sp³-hybridized carbons (Fsp3) is 0.458. The van der Waals surface area contributed by atoms with Gasteiger partial charge in [-0.05, 0) is 68.1 Å². The van der Waals surface area contributed by atoms with Crippen molar-refractivity contribution in [3.63, 3.8) is 0 Å². The van der Waals surface area contributed by atoms with E-state index in [9.17, 15) is 13.2 Å². The van der Waals surface area contributed by atoms with Gasteiger partial charge in [-0.1, -0.05) is 12.1 Å². The lowest BCUT2D eigenvalue weighted by Crippen LogP contribution is -2.43. The molecule has 2 aromatic carbocycles. The van der Waals surface area contributed by atoms with E-state index < -0.39 is 10.0 Å². The molecule has 2 aromatic rings. The molecular weight excluding hydrogens is 428 g/mol. The molecule has 0 N–H and O–H groups in total. The number of ether oxygens (including phenoxy) is 2. The first-order valence-electron chi connectivity index (χ1n) is 10.9. The van der Waals surface area contributed by atoms with Crippen molar-refractivity contribution < 1.29 is 22.7 Å². The topological polar surface area (TPSA) is 76.2 Å². The number of methoxy groups -OCH3 is 1. The van der Waals surface area contributed by atoms with Gasteiger partial charge in [0.05, 0.1) is 18.6 Å². The highest BCUT2D eigenvalue weighted by Gasteiger charge is 2.33. The van der Waals surface area contributed by atoms with Gasteiger partial charge in [0, 0.05) is 32.6 Å². The molecule has 0 aliphatic carbocycles. The van der Waals surface area contributed by atoms with E-state index in [0.29, 0.717) is 44.8 Å². The maximum atomic E-state index is 13.1. The number of carbonyl (C=O) groups excluding carboxylic acids is 1. The Morgan fingerprint density at radius 3 is 2.34 bits per heavy atom. The molecule has 1 fully saturated rings. The zero-order valence-electron chi connectivity index (χ0n) is 19.2. The number of nitrogens with zero attached hydrogens (tertiary/aromatic N) is 2. The second kappa shape index (κ2) is 10.4. The molecule has 1 aliphatic rings. The SMILES string of the molecule is CCOc1ccc(S(=O)(=O)N2CCC(C(=O)N(C)Cc3ccc(OC)cc3)CC2)cc1C. The summed E-state index contributed by atoms with van der Waals surface area (Å²) in [7, 11) is -0.190. The van der Waals surface area contributed by atoms with E-state index in [0.717, 1.165) is 16.9 Å². The first kappa shape index (κ1) is 24.1. The van der Waals surface area contributed by atoms with E-state index in [-0.39, 0.29) is 16.7 Å². The molecule has 7 nitrogen and oxygen atoms in total. The Kier molecular flexibility index (Phi) is 7.79. The summed E-state index contributed by atoms with van der Waals surface area (Å²) in [5.74, 6) is 1.34. The van der Waals surface area contributed by atoms with E-state index in [1.54, 1.807) is 37.3 Å². The molecule has 0 atom stereocenters. The number of hydrogen-bond acceptors (Lipinski definition) is 5. The average Bonchev–Trinajstić information content (AvgIpc) is 2.80. The van der Waals surface area contributed by atoms with Crippen molar-refractivity contribution in [1.29, 1.82) is 0 Å². The van der Waals surface area contributed by atoms with Crippen LogP contribution in [0.3, 0.4) is 0 Å². The summed E-state index contributed by atoms with van der Waals surface area (Å²) in [5, 5.41) is 0. The molecule has 32 heavy (non-hydrogen) atoms. The van der Waals surface area contributed by atoms with E-state index >= 15 is 0 Å². The molecule has 1 heterocycles. The predicted molar refractivity (Wildman–Crippen MR) is 123 cm³/mol. The van der Waals surface area contributed by atoms with Crippen LogP contribution in [0.5, 0.6) is 11.5 Å². The first-order valence-corrected chi connectivity index (χ1v) is 12.3. The summed E-state index contributed by atoms with van der Waals surface area (Å²) in [6.45, 7) is 5.44. The molecule has 0 aromatic heterocycles. The van der Waals surface area contributed by atoms with Gasteiger partial charge in [-0.25, -0.2) is 8.42 Å². The maximum absolute atomic E-state index is 13.1. The average molecular weight is 461 g/mol. The zero-order chi connectivity index (χ0) is 23.3. The molecule has 0 saturated carbocycles. The van der Waals surface area contributed by atoms with Gasteiger partial charge < -0.3 is 14.4 Å². The molecular formula is C24H32N2O5S. The number of benzene rings is 2. The fourth-order valence-electron chi connectivity index (χ4n) is 3.99. The van der Waals surface area contributed by atoms with Gasteiger partial charge in [0.25, 0.3) is 0 Å². The third kappa shape index (κ3) is 5.42. The van der Waals surface area contributed by atoms with E-state index in [1.165, 1.54) is 4.31 Å². The minimum Gasteiger partial charge on any atom is -0.497 e. The number of carbonyl (C=O) groups is 1. The Morgan fingerprint density at radius 1 is 1.12 bits per heavy atom. The Bertz CT molecular complexity index is 1030. The number of piperidine rings is 1. The highest BCUT2D eigenvalue weighted by Crippen LogP contribution is 2.28. The third-order valence-corrected chi connectivity index (χ3v) is 7.74. The smallest absolute Gasteiger partial charge is 0.243 e. The zero-order valence-corrected chi connectivity index (χ0v) is 20.0. The summed E-state index contributed by atoms with van der Waals surface area (Å²) < 4.78 is 38.3. The Balaban J connectivity index is 1.59. The molecule has 1 aliphatic heterocycles. The fourth-order valence-corrected chi connectivity index (χ4v) is 5.54. The van der Waals surface area contributed by atoms with Crippen molar-refractivity contribution in [3.8, 4) is 11.5 Å². The van der Waals surface area contributed by atoms with Crippen molar-refractivity contribution in [2.24, 2.45) is 5.92 Å². The van der Waals surface area contributed by atoms with Crippen molar-refractivity contribution >= 4 is 15.9 Å². The van der Waals surface area contributed by atoms with Crippen LogP contribution in [0.2, 0.25) is 0 Å². The van der Waals surface area contributed by atoms with Crippen LogP contribution in [0.15, 0.2) is 47.4 Å². The quantitative estimate of drug-likeness (QED) is 0.603. The minimum atomic E-state index is -3.60. The highest BCUT2D eigenvalue weighted by atomic mass is 32.2. The summed E-state index contributed by atoms with van der Waals surface area (Å²) >= 11 is 0. The lowest BCUT2D eigenvalue weighted by Gasteiger charge is -2.32. The van der Waals surface area contributed by atoms with Crippen LogP contribution in [0.4, 0.5) is 0 Å². The van der Waals surface area contributed by atoms with Gasteiger partial charge in [-0.2, -0.15) is 4.31 Å². The van der Waals surface area contributed by atoms with Crippen LogP contribution in [-0.4, -0.2) is 57.4 Å². The maximum Gasteiger partial charge on any atom is 0.243 e. The van der Waals surface area contributed by atoms with Gasteiger partial charge in [-0.15, -0.1) is 0 Å². The van der Waals surface area contributed by atoms with Gasteiger partial charge in [0.2, 0.25) is 15.9 Å². The number of hydrogen-bond donors (Lipinski definition) is 0. The van der Waals surface area contributed by atoms with Gasteiger partial charge in [0.15, 0.2) is 0 Å². The van der Waals surface area contributed by atoms with Crippen LogP contribution in [0, 0.1) is 12.8 Å². The first-order chi connectivity index (χ1) is 15.3. The lowest BCUT2D eigenvalue weighted by molar-refractivity contribution is -0.135. The van der Waals surface area contributed by atoms with Crippen molar-refractivity contribution in [3.05, 3.63) is 53.6 Å². The molecule has 0 bridgehead atoms. The molecule has 174 valence electrons. The Morgan fingerprint density at radius 2 is 1.78 bits per heavy atom. The molecule has 8 heteroatoms. The molecule has 0 radical (unpaired) electrons. The lowest BCUT2D eigenvalue weighted by atomic mass is 9.96. The second-order valence-corrected chi connectivity index (χ2v) is 10.0. The third-order valence-electron chi connectivity index (χ3n) is 5.84. The van der Waals surface area contributed by atoms with E-state index in [4.69, 9.17) is 9.47 Å². The Hall–Kier alpha value is -2.58. The number of amides is 1. The number of sulfonamides is 1. The van der Waals surface area contributed by atoms with Crippen LogP contribution < -0.4 is 9.47 Å². The van der Waals surface area contributed by atoms with Gasteiger partial charge >= 0.3 is 0 Å². The molecule has 1 amide bonds. The minimum absolute atomic E-state index is 0.0507. The Labute approximate surface area is 191 Å². The largest absolute Gasteiger partial charge is 0.497 e. The normalized spacial score (nSPS) is 15.4. The van der Waals surface area contributed by atoms with Crippen LogP contribution in [-0.2, 0) is 21.4 Å². The second-order valence-electron chi connectivity index (χ2n) is 8.08. The van der Waals surface area contributed by atoms with Crippen LogP contribution in [0.1, 0.15) is 30.9 Å². The van der Waals surface area contributed by atoms with E-state index in [2.05, 4.69) is 0 Å². The molecule has 0 spiro atoms. The number of aryl methyl sites for hydroxylation is 1. The van der Waals surface area contributed by atoms with Gasteiger partial charge in [0.1, 0.15) is 11.5 Å².